The van der Waals surface area contributed by atoms with Crippen LogP contribution in [0.2, 0.25) is 0 Å². The summed E-state index contributed by atoms with van der Waals surface area (Å²) in [6.45, 7) is 1.89. The number of benzene rings is 6. The molecule has 0 aliphatic carbocycles. The van der Waals surface area contributed by atoms with Crippen molar-refractivity contribution in [3.8, 4) is 39.4 Å². The molecule has 0 fully saturated rings. The van der Waals surface area contributed by atoms with Crippen molar-refractivity contribution in [3.05, 3.63) is 121 Å². The van der Waals surface area contributed by atoms with Crippen molar-refractivity contribution in [2.24, 2.45) is 0 Å². The first-order valence-electron chi connectivity index (χ1n) is 12.3. The van der Waals surface area contributed by atoms with E-state index in [4.69, 9.17) is 0 Å². The van der Waals surface area contributed by atoms with Crippen LogP contribution in [0, 0.1) is 11.3 Å². The maximum absolute atomic E-state index is 14.0. The summed E-state index contributed by atoms with van der Waals surface area (Å²) in [7, 11) is -2.69. The Morgan fingerprint density at radius 3 is 1.78 bits per heavy atom. The van der Waals surface area contributed by atoms with Gasteiger partial charge >= 0.3 is 0 Å². The monoisotopic (exact) mass is 491 g/mol. The molecule has 1 aliphatic heterocycles. The fraction of sp³-hybridized carbons (Fsp3) is 0.0294. The lowest BCUT2D eigenvalue weighted by molar-refractivity contribution is 0.591. The smallest absolute Gasteiger partial charge is 0.141 e. The van der Waals surface area contributed by atoms with Crippen molar-refractivity contribution in [2.45, 2.75) is 0 Å². The summed E-state index contributed by atoms with van der Waals surface area (Å²) in [6.07, 6.45) is 0. The lowest BCUT2D eigenvalue weighted by Gasteiger charge is -2.19. The molecule has 0 saturated carbocycles. The molecule has 0 bridgehead atoms. The average molecular weight is 492 g/mol. The predicted molar refractivity (Wildman–Crippen MR) is 155 cm³/mol. The van der Waals surface area contributed by atoms with Crippen LogP contribution >= 0.6 is 7.14 Å². The summed E-state index contributed by atoms with van der Waals surface area (Å²) in [5.41, 5.74) is 7.21. The van der Waals surface area contributed by atoms with Gasteiger partial charge in [-0.2, -0.15) is 5.26 Å². The molecule has 37 heavy (non-hydrogen) atoms. The van der Waals surface area contributed by atoms with Crippen molar-refractivity contribution in [2.75, 3.05) is 6.66 Å². The zero-order valence-electron chi connectivity index (χ0n) is 20.3. The molecule has 0 saturated heterocycles. The van der Waals surface area contributed by atoms with Gasteiger partial charge in [0.15, 0.2) is 0 Å². The SMILES string of the molecule is CP1(=O)c2ccccc2-c2c(-c3c4ccccc4c(-c4cccc(C#N)c4)c4ccccc34)cccc21. The third-order valence-corrected chi connectivity index (χ3v) is 10.2. The minimum Gasteiger partial charge on any atom is -0.314 e. The molecule has 1 aliphatic rings. The van der Waals surface area contributed by atoms with Crippen LogP contribution < -0.4 is 10.6 Å². The molecule has 2 nitrogen and oxygen atoms in total. The molecule has 7 rings (SSSR count). The van der Waals surface area contributed by atoms with Gasteiger partial charge in [-0.15, -0.1) is 0 Å². The van der Waals surface area contributed by atoms with Crippen molar-refractivity contribution in [3.63, 3.8) is 0 Å². The Balaban J connectivity index is 1.66. The van der Waals surface area contributed by atoms with E-state index >= 15 is 0 Å². The van der Waals surface area contributed by atoms with E-state index in [2.05, 4.69) is 72.8 Å². The van der Waals surface area contributed by atoms with E-state index in [1.807, 2.05) is 55.2 Å². The summed E-state index contributed by atoms with van der Waals surface area (Å²) in [5.74, 6) is 0. The number of hydrogen-bond acceptors (Lipinski definition) is 2. The van der Waals surface area contributed by atoms with Gasteiger partial charge in [-0.1, -0.05) is 103 Å². The topological polar surface area (TPSA) is 40.9 Å². The number of hydrogen-bond donors (Lipinski definition) is 0. The van der Waals surface area contributed by atoms with Gasteiger partial charge in [-0.3, -0.25) is 0 Å². The second kappa shape index (κ2) is 8.04. The van der Waals surface area contributed by atoms with Gasteiger partial charge in [0.2, 0.25) is 0 Å². The Hall–Kier alpha value is -4.44. The van der Waals surface area contributed by atoms with Gasteiger partial charge in [-0.05, 0) is 68.2 Å². The van der Waals surface area contributed by atoms with Crippen molar-refractivity contribution < 1.29 is 4.57 Å². The first-order valence-corrected chi connectivity index (χ1v) is 14.5. The number of rotatable bonds is 2. The van der Waals surface area contributed by atoms with Crippen molar-refractivity contribution in [1.29, 1.82) is 5.26 Å². The highest BCUT2D eigenvalue weighted by Gasteiger charge is 2.36. The van der Waals surface area contributed by atoms with E-state index in [9.17, 15) is 9.83 Å². The molecule has 0 N–H and O–H groups in total. The molecule has 1 unspecified atom stereocenters. The van der Waals surface area contributed by atoms with E-state index in [0.717, 1.165) is 65.5 Å². The Morgan fingerprint density at radius 1 is 0.568 bits per heavy atom. The summed E-state index contributed by atoms with van der Waals surface area (Å²) in [6, 6.07) is 41.5. The predicted octanol–water partition coefficient (Wildman–Crippen LogP) is 8.12. The van der Waals surface area contributed by atoms with E-state index in [0.29, 0.717) is 5.56 Å². The van der Waals surface area contributed by atoms with Crippen LogP contribution in [0.1, 0.15) is 5.56 Å². The molecule has 6 aromatic rings. The highest BCUT2D eigenvalue weighted by molar-refractivity contribution is 7.79. The first-order chi connectivity index (χ1) is 18.1. The van der Waals surface area contributed by atoms with Crippen LogP contribution in [0.3, 0.4) is 0 Å². The highest BCUT2D eigenvalue weighted by Crippen LogP contribution is 2.54. The summed E-state index contributed by atoms with van der Waals surface area (Å²) in [4.78, 5) is 0. The first kappa shape index (κ1) is 21.8. The van der Waals surface area contributed by atoms with Gasteiger partial charge in [-0.25, -0.2) is 0 Å². The lowest BCUT2D eigenvalue weighted by atomic mass is 9.83. The fourth-order valence-corrected chi connectivity index (χ4v) is 8.36. The normalized spacial score (nSPS) is 15.9. The zero-order valence-corrected chi connectivity index (χ0v) is 21.2. The molecule has 1 heterocycles. The third kappa shape index (κ3) is 3.08. The zero-order chi connectivity index (χ0) is 25.1. The number of nitrogens with zero attached hydrogens (tertiary/aromatic N) is 1. The van der Waals surface area contributed by atoms with Gasteiger partial charge in [0.1, 0.15) is 7.14 Å². The second-order valence-corrected chi connectivity index (χ2v) is 12.5. The minimum absolute atomic E-state index is 0.644. The van der Waals surface area contributed by atoms with Gasteiger partial charge < -0.3 is 4.57 Å². The molecular formula is C34H22NOP. The van der Waals surface area contributed by atoms with Crippen LogP contribution in [0.5, 0.6) is 0 Å². The van der Waals surface area contributed by atoms with E-state index in [1.165, 1.54) is 0 Å². The van der Waals surface area contributed by atoms with Crippen molar-refractivity contribution in [1.82, 2.24) is 0 Å². The Bertz CT molecular complexity index is 1940. The van der Waals surface area contributed by atoms with Crippen LogP contribution in [0.15, 0.2) is 115 Å². The standard InChI is InChI=1S/C34H22NOP/c1-37(36)30-18-7-6-16-28(30)34-29(17-9-19-31(34)37)33-26-14-4-2-12-24(26)32(25-13-3-5-15-27(25)33)23-11-8-10-22(20-23)21-35/h2-20H,1H3. The highest BCUT2D eigenvalue weighted by atomic mass is 31.2. The fourth-order valence-electron chi connectivity index (χ4n) is 6.05. The van der Waals surface area contributed by atoms with Crippen molar-refractivity contribution >= 4 is 39.3 Å². The van der Waals surface area contributed by atoms with Gasteiger partial charge in [0, 0.05) is 16.2 Å². The van der Waals surface area contributed by atoms with Gasteiger partial charge in [0.25, 0.3) is 0 Å². The molecule has 6 aromatic carbocycles. The maximum Gasteiger partial charge on any atom is 0.141 e. The van der Waals surface area contributed by atoms with E-state index in [1.54, 1.807) is 0 Å². The molecule has 1 atom stereocenters. The third-order valence-electron chi connectivity index (χ3n) is 7.62. The van der Waals surface area contributed by atoms with E-state index < -0.39 is 7.14 Å². The second-order valence-electron chi connectivity index (χ2n) is 9.67. The van der Waals surface area contributed by atoms with Crippen LogP contribution in [-0.4, -0.2) is 6.66 Å². The van der Waals surface area contributed by atoms with Gasteiger partial charge in [0.05, 0.1) is 11.6 Å². The molecule has 174 valence electrons. The Kier molecular flexibility index (Phi) is 4.74. The Labute approximate surface area is 215 Å². The summed E-state index contributed by atoms with van der Waals surface area (Å²) >= 11 is 0. The number of fused-ring (bicyclic) bond motifs is 5. The minimum atomic E-state index is -2.69. The van der Waals surface area contributed by atoms with E-state index in [-0.39, 0.29) is 0 Å². The summed E-state index contributed by atoms with van der Waals surface area (Å²) in [5, 5.41) is 16.0. The molecular weight excluding hydrogens is 469 g/mol. The quantitative estimate of drug-likeness (QED) is 0.181. The average Bonchev–Trinajstić information content (AvgIpc) is 3.18. The molecule has 0 amide bonds. The maximum atomic E-state index is 14.0. The van der Waals surface area contributed by atoms with Crippen LogP contribution in [0.25, 0.3) is 54.9 Å². The largest absolute Gasteiger partial charge is 0.314 e. The number of nitriles is 1. The van der Waals surface area contributed by atoms with Crippen LogP contribution in [0.4, 0.5) is 0 Å². The molecule has 3 heteroatoms. The summed E-state index contributed by atoms with van der Waals surface area (Å²) < 4.78 is 14.0. The van der Waals surface area contributed by atoms with Crippen LogP contribution in [-0.2, 0) is 4.57 Å². The molecule has 0 radical (unpaired) electrons. The molecule has 0 aromatic heterocycles. The lowest BCUT2D eigenvalue weighted by Crippen LogP contribution is -2.08. The molecule has 0 spiro atoms. The Morgan fingerprint density at radius 2 is 1.11 bits per heavy atom.